The lowest BCUT2D eigenvalue weighted by atomic mass is 9.73. The number of amides is 2. The minimum atomic E-state index is -3.41. The van der Waals surface area contributed by atoms with E-state index in [2.05, 4.69) is 10.6 Å². The molecule has 8 nitrogen and oxygen atoms in total. The molecule has 226 valence electrons. The Morgan fingerprint density at radius 3 is 2.45 bits per heavy atom. The molecule has 1 saturated carbocycles. The lowest BCUT2D eigenvalue weighted by Gasteiger charge is -2.41. The van der Waals surface area contributed by atoms with Gasteiger partial charge >= 0.3 is 0 Å². The number of likely N-dealkylation sites (tertiary alicyclic amines) is 1. The molecule has 4 atom stereocenters. The fourth-order valence-corrected chi connectivity index (χ4v) is 8.88. The normalized spacial score (nSPS) is 25.9. The van der Waals surface area contributed by atoms with E-state index in [-0.39, 0.29) is 23.3 Å². The Bertz CT molecular complexity index is 1420. The molecule has 4 aliphatic rings. The number of nitrogens with one attached hydrogen (secondary N) is 2. The number of sulfonamides is 1. The number of para-hydroxylation sites is 1. The van der Waals surface area contributed by atoms with Gasteiger partial charge in [0.1, 0.15) is 6.04 Å². The molecule has 4 unspecified atom stereocenters. The molecule has 0 aromatic heterocycles. The van der Waals surface area contributed by atoms with Crippen LogP contribution in [0.15, 0.2) is 48.5 Å². The van der Waals surface area contributed by atoms with Crippen LogP contribution < -0.4 is 14.9 Å². The number of piperidine rings is 2. The number of hydrogen-bond donors (Lipinski definition) is 2. The molecular formula is C32H41ClN4O4S. The van der Waals surface area contributed by atoms with Crippen molar-refractivity contribution in [2.75, 3.05) is 36.7 Å². The summed E-state index contributed by atoms with van der Waals surface area (Å²) in [7, 11) is -3.41. The van der Waals surface area contributed by atoms with Crippen LogP contribution in [0.1, 0.15) is 56.1 Å². The first kappa shape index (κ1) is 29.5. The standard InChI is InChI=1S/C32H41ClN4O4S/c1-42(40,41)37-21-32(26-8-4-5-9-29(26)37)14-16-36(17-15-32)31(39)28(18-22-10-12-25(33)13-11-22)35-30(38)27-19-23-6-2-3-7-24(23)20-34-27/h4-5,8-13,23-24,27-28,34H,2-3,6-7,14-21H2,1H3,(H,35,38). The highest BCUT2D eigenvalue weighted by molar-refractivity contribution is 7.92. The van der Waals surface area contributed by atoms with Crippen molar-refractivity contribution in [3.05, 3.63) is 64.7 Å². The van der Waals surface area contributed by atoms with Gasteiger partial charge in [0.2, 0.25) is 21.8 Å². The molecule has 6 rings (SSSR count). The molecule has 10 heteroatoms. The Kier molecular flexibility index (Phi) is 8.28. The Labute approximate surface area is 254 Å². The van der Waals surface area contributed by atoms with E-state index in [9.17, 15) is 18.0 Å². The Morgan fingerprint density at radius 1 is 1.05 bits per heavy atom. The first-order valence-corrected chi connectivity index (χ1v) is 17.5. The van der Waals surface area contributed by atoms with E-state index in [0.717, 1.165) is 29.8 Å². The minimum Gasteiger partial charge on any atom is -0.343 e. The van der Waals surface area contributed by atoms with Gasteiger partial charge in [-0.25, -0.2) is 8.42 Å². The molecule has 3 fully saturated rings. The molecule has 42 heavy (non-hydrogen) atoms. The maximum atomic E-state index is 14.0. The van der Waals surface area contributed by atoms with Gasteiger partial charge in [-0.1, -0.05) is 61.2 Å². The van der Waals surface area contributed by atoms with Gasteiger partial charge in [-0.3, -0.25) is 13.9 Å². The van der Waals surface area contributed by atoms with Crippen LogP contribution in [-0.4, -0.2) is 69.7 Å². The van der Waals surface area contributed by atoms with Gasteiger partial charge in [0.05, 0.1) is 18.0 Å². The van der Waals surface area contributed by atoms with E-state index < -0.39 is 16.1 Å². The van der Waals surface area contributed by atoms with Gasteiger partial charge in [0.25, 0.3) is 0 Å². The van der Waals surface area contributed by atoms with Crippen LogP contribution in [0.2, 0.25) is 5.02 Å². The Balaban J connectivity index is 1.17. The van der Waals surface area contributed by atoms with Crippen molar-refractivity contribution in [3.63, 3.8) is 0 Å². The molecule has 0 radical (unpaired) electrons. The molecule has 2 saturated heterocycles. The average Bonchev–Trinajstić information content (AvgIpc) is 3.32. The third-order valence-electron chi connectivity index (χ3n) is 10.1. The molecule has 2 aromatic rings. The summed E-state index contributed by atoms with van der Waals surface area (Å²) in [6, 6.07) is 14.2. The van der Waals surface area contributed by atoms with Crippen molar-refractivity contribution >= 4 is 39.1 Å². The number of carbonyl (C=O) groups excluding carboxylic acids is 2. The van der Waals surface area contributed by atoms with E-state index in [1.54, 1.807) is 0 Å². The highest BCUT2D eigenvalue weighted by Crippen LogP contribution is 2.48. The summed E-state index contributed by atoms with van der Waals surface area (Å²) in [5.74, 6) is 1.02. The topological polar surface area (TPSA) is 98.8 Å². The lowest BCUT2D eigenvalue weighted by molar-refractivity contribution is -0.138. The summed E-state index contributed by atoms with van der Waals surface area (Å²) in [5, 5.41) is 7.22. The van der Waals surface area contributed by atoms with E-state index in [1.807, 2.05) is 53.4 Å². The monoisotopic (exact) mass is 612 g/mol. The van der Waals surface area contributed by atoms with Gasteiger partial charge in [0.15, 0.2) is 0 Å². The van der Waals surface area contributed by atoms with Gasteiger partial charge in [-0.05, 0) is 73.4 Å². The smallest absolute Gasteiger partial charge is 0.245 e. The maximum Gasteiger partial charge on any atom is 0.245 e. The van der Waals surface area contributed by atoms with Crippen LogP contribution >= 0.6 is 11.6 Å². The second-order valence-electron chi connectivity index (χ2n) is 12.8. The second kappa shape index (κ2) is 11.8. The van der Waals surface area contributed by atoms with Gasteiger partial charge in [-0.2, -0.15) is 0 Å². The first-order chi connectivity index (χ1) is 20.1. The number of hydrogen-bond acceptors (Lipinski definition) is 5. The third-order valence-corrected chi connectivity index (χ3v) is 11.5. The fourth-order valence-electron chi connectivity index (χ4n) is 7.76. The summed E-state index contributed by atoms with van der Waals surface area (Å²) < 4.78 is 26.7. The summed E-state index contributed by atoms with van der Waals surface area (Å²) in [4.78, 5) is 29.5. The minimum absolute atomic E-state index is 0.0919. The zero-order valence-corrected chi connectivity index (χ0v) is 25.8. The molecule has 2 amide bonds. The molecule has 3 aliphatic heterocycles. The van der Waals surface area contributed by atoms with Crippen LogP contribution in [0.25, 0.3) is 0 Å². The number of fused-ring (bicyclic) bond motifs is 3. The molecule has 2 N–H and O–H groups in total. The molecule has 1 aliphatic carbocycles. The molecule has 1 spiro atoms. The predicted molar refractivity (Wildman–Crippen MR) is 165 cm³/mol. The van der Waals surface area contributed by atoms with Gasteiger partial charge < -0.3 is 15.5 Å². The largest absolute Gasteiger partial charge is 0.343 e. The molecular weight excluding hydrogens is 572 g/mol. The van der Waals surface area contributed by atoms with Crippen LogP contribution in [0.3, 0.4) is 0 Å². The zero-order chi connectivity index (χ0) is 29.5. The number of anilines is 1. The summed E-state index contributed by atoms with van der Waals surface area (Å²) in [6.07, 6.45) is 8.69. The number of carbonyl (C=O) groups is 2. The zero-order valence-electron chi connectivity index (χ0n) is 24.2. The first-order valence-electron chi connectivity index (χ1n) is 15.3. The van der Waals surface area contributed by atoms with Crippen LogP contribution in [-0.2, 0) is 31.4 Å². The second-order valence-corrected chi connectivity index (χ2v) is 15.1. The maximum absolute atomic E-state index is 14.0. The van der Waals surface area contributed by atoms with Crippen molar-refractivity contribution in [1.29, 1.82) is 0 Å². The molecule has 3 heterocycles. The summed E-state index contributed by atoms with van der Waals surface area (Å²) in [5.41, 5.74) is 2.39. The fraction of sp³-hybridized carbons (Fsp3) is 0.562. The quantitative estimate of drug-likeness (QED) is 0.516. The van der Waals surface area contributed by atoms with E-state index in [0.29, 0.717) is 55.8 Å². The van der Waals surface area contributed by atoms with Gasteiger partial charge in [-0.15, -0.1) is 0 Å². The van der Waals surface area contributed by atoms with E-state index >= 15 is 0 Å². The van der Waals surface area contributed by atoms with E-state index in [1.165, 1.54) is 36.2 Å². The van der Waals surface area contributed by atoms with Crippen LogP contribution in [0, 0.1) is 11.8 Å². The highest BCUT2D eigenvalue weighted by atomic mass is 35.5. The number of nitrogens with zero attached hydrogens (tertiary/aromatic N) is 2. The van der Waals surface area contributed by atoms with Crippen molar-refractivity contribution in [1.82, 2.24) is 15.5 Å². The summed E-state index contributed by atoms with van der Waals surface area (Å²) >= 11 is 6.11. The molecule has 0 bridgehead atoms. The Hall–Kier alpha value is -2.62. The number of halogens is 1. The Morgan fingerprint density at radius 2 is 1.74 bits per heavy atom. The van der Waals surface area contributed by atoms with Crippen molar-refractivity contribution < 1.29 is 18.0 Å². The SMILES string of the molecule is CS(=O)(=O)N1CC2(CCN(C(=O)C(Cc3ccc(Cl)cc3)NC(=O)C3CC4CCCCC4CN3)CC2)c2ccccc21. The summed E-state index contributed by atoms with van der Waals surface area (Å²) in [6.45, 7) is 2.26. The molecule has 2 aromatic carbocycles. The van der Waals surface area contributed by atoms with Crippen molar-refractivity contribution in [2.45, 2.75) is 68.9 Å². The number of benzene rings is 2. The third kappa shape index (κ3) is 5.92. The van der Waals surface area contributed by atoms with Crippen LogP contribution in [0.5, 0.6) is 0 Å². The lowest BCUT2D eigenvalue weighted by Crippen LogP contribution is -2.58. The highest BCUT2D eigenvalue weighted by Gasteiger charge is 2.48. The van der Waals surface area contributed by atoms with Crippen LogP contribution in [0.4, 0.5) is 5.69 Å². The van der Waals surface area contributed by atoms with Gasteiger partial charge in [0, 0.05) is 36.5 Å². The predicted octanol–water partition coefficient (Wildman–Crippen LogP) is 3.88. The van der Waals surface area contributed by atoms with Crippen molar-refractivity contribution in [3.8, 4) is 0 Å². The van der Waals surface area contributed by atoms with Crippen molar-refractivity contribution in [2.24, 2.45) is 11.8 Å². The van der Waals surface area contributed by atoms with E-state index in [4.69, 9.17) is 11.6 Å². The average molecular weight is 613 g/mol. The number of rotatable bonds is 6.